The lowest BCUT2D eigenvalue weighted by Gasteiger charge is -2.15. The maximum atomic E-state index is 12.8. The molecule has 31 heavy (non-hydrogen) atoms. The monoisotopic (exact) mass is 439 g/mol. The van der Waals surface area contributed by atoms with Crippen molar-refractivity contribution in [3.8, 4) is 28.1 Å². The number of halogens is 3. The van der Waals surface area contributed by atoms with Crippen molar-refractivity contribution in [1.29, 1.82) is 0 Å². The second-order valence-corrected chi connectivity index (χ2v) is 8.05. The normalized spacial score (nSPS) is 11.5. The Morgan fingerprint density at radius 2 is 1.65 bits per heavy atom. The highest BCUT2D eigenvalue weighted by Crippen LogP contribution is 2.34. The van der Waals surface area contributed by atoms with Gasteiger partial charge in [0.15, 0.2) is 0 Å². The molecule has 0 N–H and O–H groups in total. The van der Waals surface area contributed by atoms with Gasteiger partial charge in [0.05, 0.1) is 16.8 Å². The first-order valence-electron chi connectivity index (χ1n) is 9.71. The molecule has 0 saturated heterocycles. The summed E-state index contributed by atoms with van der Waals surface area (Å²) in [5.74, 6) is 0.805. The largest absolute Gasteiger partial charge is 0.488 e. The lowest BCUT2D eigenvalue weighted by Crippen LogP contribution is -2.04. The molecule has 0 aliphatic carbocycles. The summed E-state index contributed by atoms with van der Waals surface area (Å²) in [4.78, 5) is 4.40. The zero-order valence-electron chi connectivity index (χ0n) is 17.0. The second-order valence-electron chi connectivity index (χ2n) is 7.33. The Bertz CT molecular complexity index is 1180. The highest BCUT2D eigenvalue weighted by molar-refractivity contribution is 7.07. The van der Waals surface area contributed by atoms with Crippen molar-refractivity contribution in [2.75, 3.05) is 0 Å². The van der Waals surface area contributed by atoms with Gasteiger partial charge in [-0.25, -0.2) is 4.98 Å². The maximum absolute atomic E-state index is 12.8. The molecule has 0 aliphatic heterocycles. The predicted molar refractivity (Wildman–Crippen MR) is 118 cm³/mol. The minimum atomic E-state index is -4.33. The van der Waals surface area contributed by atoms with E-state index in [2.05, 4.69) is 4.98 Å². The molecule has 0 atom stereocenters. The van der Waals surface area contributed by atoms with Gasteiger partial charge in [0.2, 0.25) is 0 Å². The van der Waals surface area contributed by atoms with Crippen LogP contribution in [0.2, 0.25) is 0 Å². The van der Waals surface area contributed by atoms with Crippen molar-refractivity contribution in [3.63, 3.8) is 0 Å². The lowest BCUT2D eigenvalue weighted by atomic mass is 9.99. The summed E-state index contributed by atoms with van der Waals surface area (Å²) in [6.45, 7) is 4.37. The number of hydrogen-bond donors (Lipinski definition) is 0. The molecule has 0 aliphatic rings. The lowest BCUT2D eigenvalue weighted by molar-refractivity contribution is -0.137. The number of thiazole rings is 1. The molecule has 0 amide bonds. The fourth-order valence-electron chi connectivity index (χ4n) is 3.43. The summed E-state index contributed by atoms with van der Waals surface area (Å²) in [5, 5.41) is 1.99. The van der Waals surface area contributed by atoms with Gasteiger partial charge >= 0.3 is 6.18 Å². The van der Waals surface area contributed by atoms with Gasteiger partial charge in [0.25, 0.3) is 0 Å². The van der Waals surface area contributed by atoms with E-state index >= 15 is 0 Å². The summed E-state index contributed by atoms with van der Waals surface area (Å²) in [6, 6.07) is 17.1. The highest BCUT2D eigenvalue weighted by Gasteiger charge is 2.29. The molecule has 0 unspecified atom stereocenters. The van der Waals surface area contributed by atoms with Crippen LogP contribution in [0.5, 0.6) is 5.75 Å². The zero-order chi connectivity index (χ0) is 22.0. The number of para-hydroxylation sites is 1. The van der Waals surface area contributed by atoms with Crippen LogP contribution in [0.1, 0.15) is 22.3 Å². The highest BCUT2D eigenvalue weighted by atomic mass is 32.1. The summed E-state index contributed by atoms with van der Waals surface area (Å²) < 4.78 is 44.6. The number of nitrogens with zero attached hydrogens (tertiary/aromatic N) is 1. The quantitative estimate of drug-likeness (QED) is 0.318. The van der Waals surface area contributed by atoms with E-state index in [4.69, 9.17) is 4.74 Å². The van der Waals surface area contributed by atoms with Gasteiger partial charge in [-0.2, -0.15) is 13.2 Å². The third-order valence-electron chi connectivity index (χ3n) is 5.18. The first kappa shape index (κ1) is 21.1. The average molecular weight is 440 g/mol. The van der Waals surface area contributed by atoms with Crippen LogP contribution in [0.3, 0.4) is 0 Å². The van der Waals surface area contributed by atoms with Crippen LogP contribution in [-0.2, 0) is 12.8 Å². The Morgan fingerprint density at radius 1 is 0.903 bits per heavy atom. The van der Waals surface area contributed by atoms with Gasteiger partial charge in [0, 0.05) is 10.9 Å². The standard InChI is InChI=1S/C25H20F3NOS/c1-16-4-3-5-22(23-14-31-15-29-23)24(16)30-13-20-7-6-19(12-17(20)2)18-8-10-21(11-9-18)25(26,27)28/h3-12,14-15H,13H2,1-2H3. The van der Waals surface area contributed by atoms with Gasteiger partial charge < -0.3 is 4.74 Å². The molecule has 3 aromatic carbocycles. The Kier molecular flexibility index (Phi) is 5.83. The number of hydrogen-bond acceptors (Lipinski definition) is 3. The summed E-state index contributed by atoms with van der Waals surface area (Å²) in [5.41, 5.74) is 7.67. The van der Waals surface area contributed by atoms with E-state index in [9.17, 15) is 13.2 Å². The topological polar surface area (TPSA) is 22.1 Å². The second kappa shape index (κ2) is 8.55. The van der Waals surface area contributed by atoms with Gasteiger partial charge in [-0.3, -0.25) is 0 Å². The molecule has 0 spiro atoms. The fourth-order valence-corrected chi connectivity index (χ4v) is 3.98. The minimum absolute atomic E-state index is 0.390. The van der Waals surface area contributed by atoms with Crippen LogP contribution in [0.25, 0.3) is 22.4 Å². The number of aryl methyl sites for hydroxylation is 2. The van der Waals surface area contributed by atoms with Gasteiger partial charge in [-0.15, -0.1) is 11.3 Å². The number of alkyl halides is 3. The average Bonchev–Trinajstić information content (AvgIpc) is 3.28. The predicted octanol–water partition coefficient (Wildman–Crippen LogP) is 7.69. The van der Waals surface area contributed by atoms with E-state index in [-0.39, 0.29) is 0 Å². The molecule has 1 aromatic heterocycles. The molecule has 0 radical (unpaired) electrons. The zero-order valence-corrected chi connectivity index (χ0v) is 17.8. The first-order chi connectivity index (χ1) is 14.8. The van der Waals surface area contributed by atoms with E-state index in [1.165, 1.54) is 23.5 Å². The molecular weight excluding hydrogens is 419 g/mol. The fraction of sp³-hybridized carbons (Fsp3) is 0.160. The molecule has 6 heteroatoms. The molecule has 2 nitrogen and oxygen atoms in total. The summed E-state index contributed by atoms with van der Waals surface area (Å²) in [7, 11) is 0. The van der Waals surface area contributed by atoms with Crippen molar-refractivity contribution >= 4 is 11.3 Å². The third kappa shape index (κ3) is 4.64. The molecule has 1 heterocycles. The van der Waals surface area contributed by atoms with E-state index in [1.807, 2.05) is 55.6 Å². The molecule has 4 rings (SSSR count). The Morgan fingerprint density at radius 3 is 2.29 bits per heavy atom. The van der Waals surface area contributed by atoms with E-state index in [0.29, 0.717) is 6.61 Å². The number of aromatic nitrogens is 1. The molecule has 158 valence electrons. The number of rotatable bonds is 5. The van der Waals surface area contributed by atoms with Gasteiger partial charge in [0.1, 0.15) is 12.4 Å². The number of ether oxygens (including phenoxy) is 1. The third-order valence-corrected chi connectivity index (χ3v) is 5.77. The van der Waals surface area contributed by atoms with Crippen molar-refractivity contribution in [1.82, 2.24) is 4.98 Å². The summed E-state index contributed by atoms with van der Waals surface area (Å²) >= 11 is 1.54. The Balaban J connectivity index is 1.54. The first-order valence-corrected chi connectivity index (χ1v) is 10.7. The van der Waals surface area contributed by atoms with Crippen LogP contribution in [0.4, 0.5) is 13.2 Å². The van der Waals surface area contributed by atoms with Crippen molar-refractivity contribution in [2.45, 2.75) is 26.6 Å². The molecule has 0 bridgehead atoms. The van der Waals surface area contributed by atoms with E-state index < -0.39 is 11.7 Å². The van der Waals surface area contributed by atoms with Crippen molar-refractivity contribution < 1.29 is 17.9 Å². The number of benzene rings is 3. The van der Waals surface area contributed by atoms with Gasteiger partial charge in [-0.05, 0) is 59.9 Å². The van der Waals surface area contributed by atoms with Crippen LogP contribution in [-0.4, -0.2) is 4.98 Å². The minimum Gasteiger partial charge on any atom is -0.488 e. The van der Waals surface area contributed by atoms with Crippen molar-refractivity contribution in [3.05, 3.63) is 93.8 Å². The van der Waals surface area contributed by atoms with Crippen LogP contribution < -0.4 is 4.74 Å². The maximum Gasteiger partial charge on any atom is 0.416 e. The van der Waals surface area contributed by atoms with E-state index in [1.54, 1.807) is 5.51 Å². The van der Waals surface area contributed by atoms with Crippen LogP contribution in [0.15, 0.2) is 71.6 Å². The Hall–Kier alpha value is -3.12. The molecule has 0 saturated carbocycles. The summed E-state index contributed by atoms with van der Waals surface area (Å²) in [6.07, 6.45) is -4.33. The van der Waals surface area contributed by atoms with Gasteiger partial charge in [-0.1, -0.05) is 42.5 Å². The molecule has 0 fully saturated rings. The van der Waals surface area contributed by atoms with Crippen LogP contribution >= 0.6 is 11.3 Å². The smallest absolute Gasteiger partial charge is 0.416 e. The molecular formula is C25H20F3NOS. The van der Waals surface area contributed by atoms with Crippen molar-refractivity contribution in [2.24, 2.45) is 0 Å². The van der Waals surface area contributed by atoms with E-state index in [0.717, 1.165) is 57.0 Å². The molecule has 4 aromatic rings. The Labute approximate surface area is 183 Å². The SMILES string of the molecule is Cc1cc(-c2ccc(C(F)(F)F)cc2)ccc1COc1c(C)cccc1-c1cscn1. The van der Waals surface area contributed by atoms with Crippen LogP contribution in [0, 0.1) is 13.8 Å².